The summed E-state index contributed by atoms with van der Waals surface area (Å²) in [5, 5.41) is 10.6. The molecule has 0 aromatic rings. The Bertz CT molecular complexity index is 688. The first-order chi connectivity index (χ1) is 11.8. The van der Waals surface area contributed by atoms with Crippen LogP contribution in [0.25, 0.3) is 0 Å². The predicted molar refractivity (Wildman–Crippen MR) is 101 cm³/mol. The van der Waals surface area contributed by atoms with Gasteiger partial charge in [0.05, 0.1) is 5.57 Å². The predicted octanol–water partition coefficient (Wildman–Crippen LogP) is 5.40. The van der Waals surface area contributed by atoms with E-state index in [1.54, 1.807) is 6.92 Å². The summed E-state index contributed by atoms with van der Waals surface area (Å²) < 4.78 is 0. The molecule has 0 aromatic heterocycles. The molecule has 2 aliphatic rings. The highest BCUT2D eigenvalue weighted by Crippen LogP contribution is 2.41. The Morgan fingerprint density at radius 2 is 1.92 bits per heavy atom. The summed E-state index contributed by atoms with van der Waals surface area (Å²) in [6.07, 6.45) is 7.38. The SMILES string of the molecule is C=C(C)C1CCC(C)=C[C@H]1C1=C(O)C(=O)C(CCCCC)=C(C)C1=O. The Balaban J connectivity index is 2.42. The van der Waals surface area contributed by atoms with E-state index in [1.807, 2.05) is 19.9 Å². The number of hydrogen-bond donors (Lipinski definition) is 1. The van der Waals surface area contributed by atoms with Crippen LogP contribution in [-0.2, 0) is 9.59 Å². The van der Waals surface area contributed by atoms with Gasteiger partial charge in [-0.2, -0.15) is 0 Å². The van der Waals surface area contributed by atoms with E-state index in [4.69, 9.17) is 0 Å². The highest BCUT2D eigenvalue weighted by molar-refractivity contribution is 6.24. The molecule has 0 heterocycles. The van der Waals surface area contributed by atoms with Crippen LogP contribution in [0.5, 0.6) is 0 Å². The van der Waals surface area contributed by atoms with Gasteiger partial charge in [-0.1, -0.05) is 43.6 Å². The van der Waals surface area contributed by atoms with E-state index in [0.29, 0.717) is 17.6 Å². The smallest absolute Gasteiger partial charge is 0.224 e. The lowest BCUT2D eigenvalue weighted by Crippen LogP contribution is -2.31. The lowest BCUT2D eigenvalue weighted by atomic mass is 9.70. The number of ketones is 2. The first-order valence-electron chi connectivity index (χ1n) is 9.34. The Kier molecular flexibility index (Phi) is 6.21. The molecule has 0 aliphatic heterocycles. The molecule has 2 rings (SSSR count). The first kappa shape index (κ1) is 19.4. The van der Waals surface area contributed by atoms with Crippen LogP contribution in [0.15, 0.2) is 46.3 Å². The van der Waals surface area contributed by atoms with Crippen molar-refractivity contribution in [1.29, 1.82) is 0 Å². The molecule has 1 unspecified atom stereocenters. The summed E-state index contributed by atoms with van der Waals surface area (Å²) in [4.78, 5) is 25.7. The van der Waals surface area contributed by atoms with Crippen molar-refractivity contribution in [1.82, 2.24) is 0 Å². The fourth-order valence-electron chi connectivity index (χ4n) is 3.95. The quantitative estimate of drug-likeness (QED) is 0.400. The number of rotatable bonds is 6. The summed E-state index contributed by atoms with van der Waals surface area (Å²) in [6.45, 7) is 11.9. The van der Waals surface area contributed by atoms with E-state index in [9.17, 15) is 14.7 Å². The molecule has 0 amide bonds. The molecular formula is C22H30O3. The summed E-state index contributed by atoms with van der Waals surface area (Å²) in [7, 11) is 0. The molecule has 2 atom stereocenters. The van der Waals surface area contributed by atoms with Crippen molar-refractivity contribution in [3.05, 3.63) is 46.3 Å². The number of carbonyl (C=O) groups is 2. The summed E-state index contributed by atoms with van der Waals surface area (Å²) in [6, 6.07) is 0. The van der Waals surface area contributed by atoms with Gasteiger partial charge in [0.25, 0.3) is 0 Å². The minimum Gasteiger partial charge on any atom is -0.504 e. The van der Waals surface area contributed by atoms with E-state index in [0.717, 1.165) is 37.7 Å². The third-order valence-electron chi connectivity index (χ3n) is 5.53. The lowest BCUT2D eigenvalue weighted by molar-refractivity contribution is -0.119. The van der Waals surface area contributed by atoms with Crippen LogP contribution in [0.1, 0.15) is 66.2 Å². The number of Topliss-reactive ketones (excluding diaryl/α,β-unsaturated/α-hetero) is 2. The molecule has 0 aromatic carbocycles. The van der Waals surface area contributed by atoms with E-state index in [2.05, 4.69) is 13.5 Å². The van der Waals surface area contributed by atoms with Gasteiger partial charge in [-0.25, -0.2) is 0 Å². The van der Waals surface area contributed by atoms with E-state index < -0.39 is 0 Å². The molecule has 0 fully saturated rings. The Morgan fingerprint density at radius 1 is 1.24 bits per heavy atom. The number of aliphatic hydroxyl groups is 1. The number of unbranched alkanes of at least 4 members (excludes halogenated alkanes) is 2. The largest absolute Gasteiger partial charge is 0.504 e. The molecule has 3 heteroatoms. The van der Waals surface area contributed by atoms with Gasteiger partial charge in [-0.3, -0.25) is 9.59 Å². The molecule has 0 bridgehead atoms. The van der Waals surface area contributed by atoms with Crippen molar-refractivity contribution in [3.63, 3.8) is 0 Å². The monoisotopic (exact) mass is 342 g/mol. The van der Waals surface area contributed by atoms with Gasteiger partial charge in [-0.05, 0) is 52.4 Å². The third kappa shape index (κ3) is 3.86. The maximum absolute atomic E-state index is 13.0. The third-order valence-corrected chi connectivity index (χ3v) is 5.53. The Morgan fingerprint density at radius 3 is 2.52 bits per heavy atom. The van der Waals surface area contributed by atoms with Crippen LogP contribution in [0.3, 0.4) is 0 Å². The fraction of sp³-hybridized carbons (Fsp3) is 0.545. The lowest BCUT2D eigenvalue weighted by Gasteiger charge is -2.33. The average Bonchev–Trinajstić information content (AvgIpc) is 2.56. The van der Waals surface area contributed by atoms with Crippen LogP contribution < -0.4 is 0 Å². The highest BCUT2D eigenvalue weighted by Gasteiger charge is 2.39. The topological polar surface area (TPSA) is 54.4 Å². The fourth-order valence-corrected chi connectivity index (χ4v) is 3.95. The standard InChI is InChI=1S/C22H30O3/c1-6-7-8-9-17-15(5)20(23)19(22(25)21(17)24)18-12-14(4)10-11-16(18)13(2)3/h12,16,18,25H,2,6-11H2,1,3-5H3/t16?,18-/m1/s1. The molecule has 0 spiro atoms. The molecule has 0 saturated heterocycles. The van der Waals surface area contributed by atoms with Crippen molar-refractivity contribution in [2.45, 2.75) is 66.2 Å². The van der Waals surface area contributed by atoms with Crippen LogP contribution in [-0.4, -0.2) is 16.7 Å². The van der Waals surface area contributed by atoms with Gasteiger partial charge in [0.1, 0.15) is 0 Å². The van der Waals surface area contributed by atoms with E-state index in [-0.39, 0.29) is 34.7 Å². The van der Waals surface area contributed by atoms with E-state index >= 15 is 0 Å². The summed E-state index contributed by atoms with van der Waals surface area (Å²) >= 11 is 0. The van der Waals surface area contributed by atoms with Crippen molar-refractivity contribution in [3.8, 4) is 0 Å². The van der Waals surface area contributed by atoms with Crippen molar-refractivity contribution in [2.24, 2.45) is 11.8 Å². The second kappa shape index (κ2) is 7.99. The minimum absolute atomic E-state index is 0.0899. The van der Waals surface area contributed by atoms with E-state index in [1.165, 1.54) is 5.57 Å². The highest BCUT2D eigenvalue weighted by atomic mass is 16.3. The maximum Gasteiger partial charge on any atom is 0.224 e. The normalized spacial score (nSPS) is 24.7. The Hall–Kier alpha value is -1.90. The zero-order chi connectivity index (χ0) is 18.7. The minimum atomic E-state index is -0.361. The van der Waals surface area contributed by atoms with Crippen molar-refractivity contribution in [2.75, 3.05) is 0 Å². The van der Waals surface area contributed by atoms with Crippen LogP contribution in [0.4, 0.5) is 0 Å². The molecule has 0 saturated carbocycles. The second-order valence-corrected chi connectivity index (χ2v) is 7.51. The number of carbonyl (C=O) groups excluding carboxylic acids is 2. The summed E-state index contributed by atoms with van der Waals surface area (Å²) in [5.74, 6) is -1.04. The van der Waals surface area contributed by atoms with Gasteiger partial charge in [0, 0.05) is 17.1 Å². The zero-order valence-electron chi connectivity index (χ0n) is 15.9. The molecule has 3 nitrogen and oxygen atoms in total. The molecule has 2 aliphatic carbocycles. The first-order valence-corrected chi connectivity index (χ1v) is 9.34. The van der Waals surface area contributed by atoms with Crippen LogP contribution in [0, 0.1) is 11.8 Å². The van der Waals surface area contributed by atoms with Crippen molar-refractivity contribution < 1.29 is 14.7 Å². The molecule has 0 radical (unpaired) electrons. The molecule has 1 N–H and O–H groups in total. The van der Waals surface area contributed by atoms with Gasteiger partial charge in [0.2, 0.25) is 5.78 Å². The second-order valence-electron chi connectivity index (χ2n) is 7.51. The number of aliphatic hydroxyl groups excluding tert-OH is 1. The van der Waals surface area contributed by atoms with Gasteiger partial charge in [-0.15, -0.1) is 0 Å². The van der Waals surface area contributed by atoms with Crippen molar-refractivity contribution >= 4 is 11.6 Å². The molecular weight excluding hydrogens is 312 g/mol. The number of hydrogen-bond acceptors (Lipinski definition) is 3. The van der Waals surface area contributed by atoms with Crippen LogP contribution >= 0.6 is 0 Å². The van der Waals surface area contributed by atoms with Gasteiger partial charge < -0.3 is 5.11 Å². The Labute approximate surface area is 151 Å². The molecule has 25 heavy (non-hydrogen) atoms. The van der Waals surface area contributed by atoms with Gasteiger partial charge in [0.15, 0.2) is 11.5 Å². The molecule has 136 valence electrons. The van der Waals surface area contributed by atoms with Crippen LogP contribution in [0.2, 0.25) is 0 Å². The zero-order valence-corrected chi connectivity index (χ0v) is 15.9. The number of allylic oxidation sites excluding steroid dienone is 6. The summed E-state index contributed by atoms with van der Waals surface area (Å²) in [5.41, 5.74) is 3.45. The van der Waals surface area contributed by atoms with Gasteiger partial charge >= 0.3 is 0 Å². The maximum atomic E-state index is 13.0. The average molecular weight is 342 g/mol.